The summed E-state index contributed by atoms with van der Waals surface area (Å²) in [5.41, 5.74) is 7.54. The molecule has 3 aromatic rings. The number of hydrogen-bond acceptors (Lipinski definition) is 0. The first kappa shape index (κ1) is 14.3. The lowest BCUT2D eigenvalue weighted by Crippen LogP contribution is -1.88. The molecule has 0 unspecified atom stereocenters. The third-order valence-corrected chi connectivity index (χ3v) is 3.84. The van der Waals surface area contributed by atoms with Crippen LogP contribution in [0, 0.1) is 13.8 Å². The molecule has 0 saturated heterocycles. The Bertz CT molecular complexity index is 761. The molecule has 0 aromatic heterocycles. The van der Waals surface area contributed by atoms with E-state index in [1.165, 1.54) is 33.4 Å². The van der Waals surface area contributed by atoms with Gasteiger partial charge in [-0.3, -0.25) is 0 Å². The summed E-state index contributed by atoms with van der Waals surface area (Å²) >= 11 is 0. The lowest BCUT2D eigenvalue weighted by molar-refractivity contribution is 1.44. The Balaban J connectivity index is 2.10. The van der Waals surface area contributed by atoms with E-state index in [-0.39, 0.29) is 0 Å². The summed E-state index contributed by atoms with van der Waals surface area (Å²) in [6.07, 6.45) is 2.26. The maximum absolute atomic E-state index is 2.26. The van der Waals surface area contributed by atoms with E-state index in [0.29, 0.717) is 0 Å². The third-order valence-electron chi connectivity index (χ3n) is 3.84. The Morgan fingerprint density at radius 3 is 1.68 bits per heavy atom. The van der Waals surface area contributed by atoms with Crippen LogP contribution in [-0.4, -0.2) is 0 Å². The van der Waals surface area contributed by atoms with Gasteiger partial charge in [-0.05, 0) is 42.2 Å². The molecule has 0 atom stereocenters. The molecule has 3 rings (SSSR count). The van der Waals surface area contributed by atoms with E-state index in [1.807, 2.05) is 0 Å². The quantitative estimate of drug-likeness (QED) is 0.526. The summed E-state index contributed by atoms with van der Waals surface area (Å²) in [5, 5.41) is 0. The van der Waals surface area contributed by atoms with Gasteiger partial charge in [0, 0.05) is 0 Å². The van der Waals surface area contributed by atoms with Crippen molar-refractivity contribution in [2.75, 3.05) is 0 Å². The van der Waals surface area contributed by atoms with Crippen LogP contribution in [0.5, 0.6) is 0 Å². The van der Waals surface area contributed by atoms with Crippen molar-refractivity contribution < 1.29 is 0 Å². The summed E-state index contributed by atoms with van der Waals surface area (Å²) < 4.78 is 0. The summed E-state index contributed by atoms with van der Waals surface area (Å²) in [6, 6.07) is 28.0. The van der Waals surface area contributed by atoms with Crippen LogP contribution < -0.4 is 0 Å². The van der Waals surface area contributed by atoms with Gasteiger partial charge in [-0.1, -0.05) is 90.0 Å². The fourth-order valence-electron chi connectivity index (χ4n) is 2.51. The number of hydrogen-bond donors (Lipinski definition) is 0. The molecule has 108 valence electrons. The summed E-state index contributed by atoms with van der Waals surface area (Å²) in [5.74, 6) is 0. The molecule has 0 spiro atoms. The fraction of sp³-hybridized carbons (Fsp3) is 0.0909. The minimum Gasteiger partial charge on any atom is -0.0622 e. The predicted molar refractivity (Wildman–Crippen MR) is 95.8 cm³/mol. The molecule has 22 heavy (non-hydrogen) atoms. The molecule has 0 fully saturated rings. The van der Waals surface area contributed by atoms with E-state index in [1.54, 1.807) is 0 Å². The van der Waals surface area contributed by atoms with E-state index in [9.17, 15) is 0 Å². The second-order valence-electron chi connectivity index (χ2n) is 5.70. The Morgan fingerprint density at radius 2 is 1.09 bits per heavy atom. The Hall–Kier alpha value is -2.60. The smallest absolute Gasteiger partial charge is 0.0105 e. The van der Waals surface area contributed by atoms with Crippen molar-refractivity contribution in [3.63, 3.8) is 0 Å². The molecule has 0 aliphatic heterocycles. The zero-order chi connectivity index (χ0) is 15.4. The van der Waals surface area contributed by atoms with Gasteiger partial charge >= 0.3 is 0 Å². The zero-order valence-electron chi connectivity index (χ0n) is 13.1. The highest BCUT2D eigenvalue weighted by atomic mass is 14.1. The fourth-order valence-corrected chi connectivity index (χ4v) is 2.51. The molecule has 0 aliphatic rings. The van der Waals surface area contributed by atoms with Crippen molar-refractivity contribution in [3.05, 3.63) is 107 Å². The molecule has 0 nitrogen and oxygen atoms in total. The van der Waals surface area contributed by atoms with Crippen LogP contribution in [-0.2, 0) is 0 Å². The summed E-state index contributed by atoms with van der Waals surface area (Å²) in [4.78, 5) is 0. The van der Waals surface area contributed by atoms with Gasteiger partial charge in [0.2, 0.25) is 0 Å². The maximum Gasteiger partial charge on any atom is -0.0105 e. The average molecular weight is 284 g/mol. The summed E-state index contributed by atoms with van der Waals surface area (Å²) in [6.45, 7) is 4.24. The van der Waals surface area contributed by atoms with Gasteiger partial charge in [0.05, 0.1) is 0 Å². The number of aryl methyl sites for hydroxylation is 2. The molecule has 0 N–H and O–H groups in total. The Morgan fingerprint density at radius 1 is 0.591 bits per heavy atom. The van der Waals surface area contributed by atoms with Gasteiger partial charge < -0.3 is 0 Å². The van der Waals surface area contributed by atoms with Crippen molar-refractivity contribution in [2.24, 2.45) is 0 Å². The van der Waals surface area contributed by atoms with E-state index < -0.39 is 0 Å². The molecule has 0 heteroatoms. The molecule has 0 saturated carbocycles. The van der Waals surface area contributed by atoms with Crippen molar-refractivity contribution in [1.82, 2.24) is 0 Å². The van der Waals surface area contributed by atoms with E-state index >= 15 is 0 Å². The van der Waals surface area contributed by atoms with Gasteiger partial charge in [-0.15, -0.1) is 0 Å². The zero-order valence-corrected chi connectivity index (χ0v) is 13.1. The Kier molecular flexibility index (Phi) is 4.20. The highest BCUT2D eigenvalue weighted by Crippen LogP contribution is 2.26. The van der Waals surface area contributed by atoms with Gasteiger partial charge in [0.25, 0.3) is 0 Å². The van der Waals surface area contributed by atoms with E-state index in [2.05, 4.69) is 98.8 Å². The monoisotopic (exact) mass is 284 g/mol. The van der Waals surface area contributed by atoms with Gasteiger partial charge in [0.15, 0.2) is 0 Å². The van der Waals surface area contributed by atoms with Crippen LogP contribution in [0.2, 0.25) is 0 Å². The first-order valence-corrected chi connectivity index (χ1v) is 7.63. The van der Waals surface area contributed by atoms with Crippen molar-refractivity contribution in [3.8, 4) is 0 Å². The molecule has 0 heterocycles. The molecule has 0 radical (unpaired) electrons. The highest BCUT2D eigenvalue weighted by Gasteiger charge is 2.05. The molecule has 0 bridgehead atoms. The molecular formula is C22H20. The number of rotatable bonds is 3. The van der Waals surface area contributed by atoms with Crippen molar-refractivity contribution >= 4 is 11.6 Å². The lowest BCUT2D eigenvalue weighted by Gasteiger charge is -2.10. The summed E-state index contributed by atoms with van der Waals surface area (Å²) in [7, 11) is 0. The van der Waals surface area contributed by atoms with Crippen LogP contribution in [0.4, 0.5) is 0 Å². The number of benzene rings is 3. The molecule has 0 aliphatic carbocycles. The van der Waals surface area contributed by atoms with E-state index in [4.69, 9.17) is 0 Å². The van der Waals surface area contributed by atoms with Crippen LogP contribution >= 0.6 is 0 Å². The second kappa shape index (κ2) is 6.44. The molecule has 3 aromatic carbocycles. The largest absolute Gasteiger partial charge is 0.0622 e. The maximum atomic E-state index is 2.26. The van der Waals surface area contributed by atoms with Crippen molar-refractivity contribution in [2.45, 2.75) is 13.8 Å². The van der Waals surface area contributed by atoms with Crippen LogP contribution in [0.1, 0.15) is 27.8 Å². The van der Waals surface area contributed by atoms with Crippen LogP contribution in [0.15, 0.2) is 78.9 Å². The van der Waals surface area contributed by atoms with Gasteiger partial charge in [0.1, 0.15) is 0 Å². The first-order valence-electron chi connectivity index (χ1n) is 7.63. The Labute approximate surface area is 132 Å². The predicted octanol–water partition coefficient (Wildman–Crippen LogP) is 5.89. The average Bonchev–Trinajstić information content (AvgIpc) is 2.56. The minimum atomic E-state index is 1.23. The SMILES string of the molecule is Cc1ccc(C=C(c2ccccc2)c2ccc(C)cc2)cc1. The molecule has 0 amide bonds. The standard InChI is InChI=1S/C22H20/c1-17-8-12-19(13-9-17)16-22(20-6-4-3-5-7-20)21-14-10-18(2)11-15-21/h3-16H,1-2H3. The van der Waals surface area contributed by atoms with Crippen molar-refractivity contribution in [1.29, 1.82) is 0 Å². The lowest BCUT2D eigenvalue weighted by atomic mass is 9.95. The third kappa shape index (κ3) is 3.35. The highest BCUT2D eigenvalue weighted by molar-refractivity contribution is 5.91. The molecular weight excluding hydrogens is 264 g/mol. The first-order chi connectivity index (χ1) is 10.7. The van der Waals surface area contributed by atoms with Crippen LogP contribution in [0.3, 0.4) is 0 Å². The van der Waals surface area contributed by atoms with Crippen LogP contribution in [0.25, 0.3) is 11.6 Å². The van der Waals surface area contributed by atoms with Gasteiger partial charge in [-0.2, -0.15) is 0 Å². The normalized spacial score (nSPS) is 11.5. The minimum absolute atomic E-state index is 1.23. The van der Waals surface area contributed by atoms with Gasteiger partial charge in [-0.25, -0.2) is 0 Å². The topological polar surface area (TPSA) is 0 Å². The second-order valence-corrected chi connectivity index (χ2v) is 5.70. The van der Waals surface area contributed by atoms with E-state index in [0.717, 1.165) is 0 Å².